The summed E-state index contributed by atoms with van der Waals surface area (Å²) in [5.41, 5.74) is 8.79. The van der Waals surface area contributed by atoms with Crippen molar-refractivity contribution in [3.63, 3.8) is 0 Å². The number of ether oxygens (including phenoxy) is 2. The fraction of sp³-hybridized carbons (Fsp3) is 0.393. The summed E-state index contributed by atoms with van der Waals surface area (Å²) in [5, 5.41) is 6.35. The third kappa shape index (κ3) is 6.12. The first-order valence-corrected chi connectivity index (χ1v) is 12.7. The van der Waals surface area contributed by atoms with Gasteiger partial charge in [-0.2, -0.15) is 0 Å². The summed E-state index contributed by atoms with van der Waals surface area (Å²) in [4.78, 5) is 21.1. The number of nitrogens with zero attached hydrogens (tertiary/aromatic N) is 2. The summed E-state index contributed by atoms with van der Waals surface area (Å²) >= 11 is 0. The first kappa shape index (κ1) is 25.4. The molecule has 0 bridgehead atoms. The number of carbonyl (C=O) groups is 1. The highest BCUT2D eigenvalue weighted by Crippen LogP contribution is 2.36. The molecule has 36 heavy (non-hydrogen) atoms. The molecule has 0 aromatic heterocycles. The van der Waals surface area contributed by atoms with Crippen LogP contribution < -0.4 is 21.1 Å². The van der Waals surface area contributed by atoms with Crippen LogP contribution in [0, 0.1) is 0 Å². The maximum atomic E-state index is 11.6. The molecule has 0 atom stereocenters. The molecule has 2 aliphatic rings. The second kappa shape index (κ2) is 12.4. The van der Waals surface area contributed by atoms with Crippen LogP contribution in [0.15, 0.2) is 51.9 Å². The van der Waals surface area contributed by atoms with Gasteiger partial charge in [0.25, 0.3) is 0 Å². The Balaban J connectivity index is 1.71. The monoisotopic (exact) mass is 490 g/mol. The number of hydrogen-bond acceptors (Lipinski definition) is 8. The lowest BCUT2D eigenvalue weighted by molar-refractivity contribution is -0.143. The van der Waals surface area contributed by atoms with Gasteiger partial charge in [0.15, 0.2) is 11.3 Å². The molecule has 0 unspecified atom stereocenters. The van der Waals surface area contributed by atoms with Gasteiger partial charge in [-0.05, 0) is 63.1 Å². The molecule has 0 fully saturated rings. The molecule has 1 aliphatic heterocycles. The normalized spacial score (nSPS) is 11.9. The summed E-state index contributed by atoms with van der Waals surface area (Å²) in [6.07, 6.45) is 2.77. The lowest BCUT2D eigenvalue weighted by Crippen LogP contribution is -2.07. The summed E-state index contributed by atoms with van der Waals surface area (Å²) in [6.45, 7) is 6.90. The van der Waals surface area contributed by atoms with Crippen molar-refractivity contribution < 1.29 is 18.7 Å². The van der Waals surface area contributed by atoms with E-state index in [9.17, 15) is 4.79 Å². The summed E-state index contributed by atoms with van der Waals surface area (Å²) in [7, 11) is 0. The molecule has 0 spiro atoms. The average Bonchev–Trinajstić information content (AvgIpc) is 2.89. The van der Waals surface area contributed by atoms with E-state index in [0.29, 0.717) is 50.5 Å². The average molecular weight is 491 g/mol. The lowest BCUT2D eigenvalue weighted by Gasteiger charge is -2.14. The Morgan fingerprint density at radius 3 is 2.81 bits per heavy atom. The van der Waals surface area contributed by atoms with E-state index in [0.717, 1.165) is 58.2 Å². The molecule has 0 amide bonds. The van der Waals surface area contributed by atoms with Gasteiger partial charge in [-0.1, -0.05) is 6.92 Å². The van der Waals surface area contributed by atoms with Crippen molar-refractivity contribution in [3.05, 3.63) is 47.8 Å². The minimum absolute atomic E-state index is 0.203. The maximum Gasteiger partial charge on any atom is 0.305 e. The smallest absolute Gasteiger partial charge is 0.305 e. The van der Waals surface area contributed by atoms with Crippen LogP contribution in [0.4, 0.5) is 5.69 Å². The van der Waals surface area contributed by atoms with Crippen LogP contribution in [0.5, 0.6) is 5.75 Å². The van der Waals surface area contributed by atoms with Gasteiger partial charge < -0.3 is 24.9 Å². The highest BCUT2D eigenvalue weighted by atomic mass is 16.5. The SMILES string of the molecule is CCCNc1cc2oc3cc(=NCCCN)ccc-3nc2c2cc(OCCCC(=O)OCC)ccc12. The molecule has 0 radical (unpaired) electrons. The molecule has 3 N–H and O–H groups in total. The van der Waals surface area contributed by atoms with Crippen molar-refractivity contribution in [2.45, 2.75) is 39.5 Å². The number of carbonyl (C=O) groups excluding carboxylic acids is 1. The van der Waals surface area contributed by atoms with Gasteiger partial charge >= 0.3 is 5.97 Å². The van der Waals surface area contributed by atoms with Crippen molar-refractivity contribution in [2.75, 3.05) is 38.2 Å². The molecule has 190 valence electrons. The van der Waals surface area contributed by atoms with Crippen molar-refractivity contribution in [1.82, 2.24) is 4.98 Å². The van der Waals surface area contributed by atoms with Crippen LogP contribution in [0.2, 0.25) is 0 Å². The number of anilines is 1. The van der Waals surface area contributed by atoms with Crippen molar-refractivity contribution in [3.8, 4) is 17.2 Å². The first-order valence-electron chi connectivity index (χ1n) is 12.7. The predicted octanol–water partition coefficient (Wildman–Crippen LogP) is 4.88. The standard InChI is InChI=1S/C28H34N4O4/c1-3-13-31-24-18-26-28(32-23-11-8-19(16-25(23)36-26)30-14-6-12-29)22-17-20(9-10-21(22)24)35-15-5-7-27(33)34-4-2/h8-11,16-18,31H,3-7,12-15,29H2,1-2H3. The number of fused-ring (bicyclic) bond motifs is 4. The molecular weight excluding hydrogens is 456 g/mol. The molecule has 0 saturated heterocycles. The molecule has 0 saturated carbocycles. The second-order valence-corrected chi connectivity index (χ2v) is 8.55. The van der Waals surface area contributed by atoms with Crippen LogP contribution in [-0.2, 0) is 9.53 Å². The van der Waals surface area contributed by atoms with Gasteiger partial charge in [0.2, 0.25) is 0 Å². The van der Waals surface area contributed by atoms with E-state index in [1.807, 2.05) is 42.5 Å². The molecule has 1 heterocycles. The molecule has 1 aliphatic carbocycles. The molecule has 4 rings (SSSR count). The summed E-state index contributed by atoms with van der Waals surface area (Å²) in [6, 6.07) is 13.8. The van der Waals surface area contributed by atoms with Crippen LogP contribution in [0.1, 0.15) is 39.5 Å². The van der Waals surface area contributed by atoms with E-state index in [4.69, 9.17) is 24.6 Å². The maximum absolute atomic E-state index is 11.6. The summed E-state index contributed by atoms with van der Waals surface area (Å²) in [5.74, 6) is 1.20. The van der Waals surface area contributed by atoms with Gasteiger partial charge in [0, 0.05) is 48.1 Å². The van der Waals surface area contributed by atoms with Crippen molar-refractivity contribution in [1.29, 1.82) is 0 Å². The van der Waals surface area contributed by atoms with E-state index in [2.05, 4.69) is 17.2 Å². The minimum atomic E-state index is -0.203. The summed E-state index contributed by atoms with van der Waals surface area (Å²) < 4.78 is 17.3. The number of esters is 1. The third-order valence-corrected chi connectivity index (χ3v) is 5.76. The van der Waals surface area contributed by atoms with Gasteiger partial charge in [-0.25, -0.2) is 4.98 Å². The van der Waals surface area contributed by atoms with E-state index in [1.54, 1.807) is 6.92 Å². The number of hydrogen-bond donors (Lipinski definition) is 2. The topological polar surface area (TPSA) is 112 Å². The minimum Gasteiger partial charge on any atom is -0.494 e. The molecular formula is C28H34N4O4. The Morgan fingerprint density at radius 1 is 1.11 bits per heavy atom. The zero-order chi connectivity index (χ0) is 25.3. The van der Waals surface area contributed by atoms with Crippen LogP contribution in [-0.4, -0.2) is 43.8 Å². The van der Waals surface area contributed by atoms with E-state index in [-0.39, 0.29) is 5.97 Å². The number of benzene rings is 3. The zero-order valence-corrected chi connectivity index (χ0v) is 21.0. The second-order valence-electron chi connectivity index (χ2n) is 8.55. The molecule has 2 aromatic carbocycles. The molecule has 8 heteroatoms. The quantitative estimate of drug-likeness (QED) is 0.126. The highest BCUT2D eigenvalue weighted by molar-refractivity contribution is 6.10. The number of nitrogens with two attached hydrogens (primary N) is 1. The highest BCUT2D eigenvalue weighted by Gasteiger charge is 2.15. The van der Waals surface area contributed by atoms with Crippen molar-refractivity contribution in [2.24, 2.45) is 10.7 Å². The van der Waals surface area contributed by atoms with Gasteiger partial charge in [-0.3, -0.25) is 9.79 Å². The fourth-order valence-corrected chi connectivity index (χ4v) is 4.01. The van der Waals surface area contributed by atoms with Gasteiger partial charge in [-0.15, -0.1) is 0 Å². The van der Waals surface area contributed by atoms with Crippen LogP contribution in [0.25, 0.3) is 33.3 Å². The van der Waals surface area contributed by atoms with Gasteiger partial charge in [0.1, 0.15) is 17.0 Å². The Hall–Kier alpha value is -3.65. The number of aromatic nitrogens is 1. The van der Waals surface area contributed by atoms with Crippen LogP contribution >= 0.6 is 0 Å². The Morgan fingerprint density at radius 2 is 2.00 bits per heavy atom. The third-order valence-electron chi connectivity index (χ3n) is 5.76. The van der Waals surface area contributed by atoms with Crippen molar-refractivity contribution >= 4 is 33.5 Å². The first-order chi connectivity index (χ1) is 17.6. The molecule has 8 nitrogen and oxygen atoms in total. The number of nitrogens with one attached hydrogen (secondary N) is 1. The van der Waals surface area contributed by atoms with E-state index < -0.39 is 0 Å². The van der Waals surface area contributed by atoms with Crippen LogP contribution in [0.3, 0.4) is 0 Å². The Bertz CT molecular complexity index is 1370. The fourth-order valence-electron chi connectivity index (χ4n) is 4.01. The zero-order valence-electron chi connectivity index (χ0n) is 21.0. The lowest BCUT2D eigenvalue weighted by atomic mass is 10.1. The van der Waals surface area contributed by atoms with Gasteiger partial charge in [0.05, 0.1) is 18.6 Å². The predicted molar refractivity (Wildman–Crippen MR) is 142 cm³/mol. The van der Waals surface area contributed by atoms with E-state index in [1.165, 1.54) is 0 Å². The Labute approximate surface area is 210 Å². The largest absolute Gasteiger partial charge is 0.494 e. The van der Waals surface area contributed by atoms with E-state index >= 15 is 0 Å². The Kier molecular flexibility index (Phi) is 8.73. The number of rotatable bonds is 12. The molecule has 2 aromatic rings.